The fourth-order valence-electron chi connectivity index (χ4n) is 7.28. The Kier molecular flexibility index (Phi) is 39.7. The van der Waals surface area contributed by atoms with Gasteiger partial charge in [0, 0.05) is 25.9 Å². The molecule has 2 atom stereocenters. The molecule has 0 rings (SSSR count). The third kappa shape index (κ3) is 35.1. The number of nitrogens with zero attached hydrogens (tertiary/aromatic N) is 1. The van der Waals surface area contributed by atoms with E-state index in [1.807, 2.05) is 4.90 Å². The highest BCUT2D eigenvalue weighted by atomic mass is 79.9. The van der Waals surface area contributed by atoms with Crippen LogP contribution in [0.25, 0.3) is 0 Å². The molecule has 0 saturated carbocycles. The minimum Gasteiger partial charge on any atom is -0.465 e. The first kappa shape index (κ1) is 51.9. The van der Waals surface area contributed by atoms with Crippen LogP contribution in [0, 0.1) is 11.8 Å². The second-order valence-electron chi connectivity index (χ2n) is 16.0. The Morgan fingerprint density at radius 2 is 0.736 bits per heavy atom. The average molecular weight is 815 g/mol. The van der Waals surface area contributed by atoms with Crippen molar-refractivity contribution < 1.29 is 23.9 Å². The quantitative estimate of drug-likeness (QED) is 0.0349. The molecule has 0 aromatic heterocycles. The molecule has 7 heteroatoms. The number of ether oxygens (including phenoxy) is 2. The number of carbonyl (C=O) groups excluding carboxylic acids is 3. The van der Waals surface area contributed by atoms with Crippen LogP contribution in [0.1, 0.15) is 233 Å². The van der Waals surface area contributed by atoms with Crippen LogP contribution < -0.4 is 0 Å². The summed E-state index contributed by atoms with van der Waals surface area (Å²) < 4.78 is 11.5. The molecule has 0 saturated heterocycles. The van der Waals surface area contributed by atoms with Crippen molar-refractivity contribution in [2.75, 3.05) is 31.6 Å². The number of unbranched alkanes of at least 4 members (excludes halogenated alkanes) is 20. The van der Waals surface area contributed by atoms with Gasteiger partial charge >= 0.3 is 11.9 Å². The number of carbonyl (C=O) groups is 3. The van der Waals surface area contributed by atoms with E-state index in [2.05, 4.69) is 43.6 Å². The van der Waals surface area contributed by atoms with Gasteiger partial charge in [-0.2, -0.15) is 0 Å². The molecule has 0 radical (unpaired) electrons. The minimum absolute atomic E-state index is 0.0706. The van der Waals surface area contributed by atoms with Gasteiger partial charge in [-0.15, -0.1) is 0 Å². The Hall–Kier alpha value is -1.11. The second-order valence-corrected chi connectivity index (χ2v) is 16.6. The molecule has 0 aliphatic carbocycles. The minimum atomic E-state index is -0.0706. The highest BCUT2D eigenvalue weighted by Gasteiger charge is 2.15. The Labute approximate surface area is 338 Å². The largest absolute Gasteiger partial charge is 0.465 e. The predicted octanol–water partition coefficient (Wildman–Crippen LogP) is 14.1. The average Bonchev–Trinajstić information content (AvgIpc) is 3.16. The molecule has 2 unspecified atom stereocenters. The highest BCUT2D eigenvalue weighted by molar-refractivity contribution is 9.09. The normalized spacial score (nSPS) is 12.5. The van der Waals surface area contributed by atoms with Gasteiger partial charge in [0.1, 0.15) is 0 Å². The van der Waals surface area contributed by atoms with Crippen LogP contribution in [0.4, 0.5) is 0 Å². The van der Waals surface area contributed by atoms with Gasteiger partial charge in [0.05, 0.1) is 18.5 Å². The first-order chi connectivity index (χ1) is 25.9. The zero-order valence-electron chi connectivity index (χ0n) is 35.7. The summed E-state index contributed by atoms with van der Waals surface area (Å²) in [4.78, 5) is 39.7. The Morgan fingerprint density at radius 3 is 1.08 bits per heavy atom. The number of rotatable bonds is 41. The Bertz CT molecular complexity index is 766. The van der Waals surface area contributed by atoms with Crippen molar-refractivity contribution in [3.8, 4) is 0 Å². The van der Waals surface area contributed by atoms with Gasteiger partial charge in [-0.3, -0.25) is 14.4 Å². The van der Waals surface area contributed by atoms with Gasteiger partial charge in [-0.25, -0.2) is 0 Å². The number of hydrogen-bond acceptors (Lipinski definition) is 5. The zero-order chi connectivity index (χ0) is 39.0. The zero-order valence-corrected chi connectivity index (χ0v) is 37.3. The summed E-state index contributed by atoms with van der Waals surface area (Å²) in [5.74, 6) is 0.953. The third-order valence-electron chi connectivity index (χ3n) is 10.9. The smallest absolute Gasteiger partial charge is 0.305 e. The van der Waals surface area contributed by atoms with Crippen LogP contribution in [0.3, 0.4) is 0 Å². The Balaban J connectivity index is 4.34. The number of alkyl halides is 1. The molecule has 0 aliphatic heterocycles. The summed E-state index contributed by atoms with van der Waals surface area (Å²) in [5.41, 5.74) is 0. The monoisotopic (exact) mass is 814 g/mol. The molecule has 0 aromatic carbocycles. The second kappa shape index (κ2) is 40.6. The molecule has 0 fully saturated rings. The van der Waals surface area contributed by atoms with Crippen molar-refractivity contribution in [2.24, 2.45) is 11.8 Å². The van der Waals surface area contributed by atoms with E-state index in [4.69, 9.17) is 9.47 Å². The van der Waals surface area contributed by atoms with Gasteiger partial charge in [0.15, 0.2) is 0 Å². The maximum absolute atomic E-state index is 12.6. The van der Waals surface area contributed by atoms with Crippen molar-refractivity contribution in [2.45, 2.75) is 233 Å². The van der Waals surface area contributed by atoms with E-state index in [0.717, 1.165) is 38.5 Å². The summed E-state index contributed by atoms with van der Waals surface area (Å²) in [7, 11) is 0. The molecule has 6 nitrogen and oxygen atoms in total. The van der Waals surface area contributed by atoms with Gasteiger partial charge in [-0.1, -0.05) is 185 Å². The van der Waals surface area contributed by atoms with Crippen molar-refractivity contribution in [3.63, 3.8) is 0 Å². The van der Waals surface area contributed by atoms with E-state index >= 15 is 0 Å². The molecule has 0 N–H and O–H groups in total. The lowest BCUT2D eigenvalue weighted by Gasteiger charge is -2.22. The van der Waals surface area contributed by atoms with Crippen molar-refractivity contribution in [1.29, 1.82) is 0 Å². The number of halogens is 1. The maximum Gasteiger partial charge on any atom is 0.305 e. The lowest BCUT2D eigenvalue weighted by atomic mass is 9.95. The highest BCUT2D eigenvalue weighted by Crippen LogP contribution is 2.21. The first-order valence-electron chi connectivity index (χ1n) is 23.1. The summed E-state index contributed by atoms with van der Waals surface area (Å²) >= 11 is 3.35. The van der Waals surface area contributed by atoms with E-state index in [1.54, 1.807) is 0 Å². The fraction of sp³-hybridized carbons (Fsp3) is 0.935. The van der Waals surface area contributed by atoms with E-state index < -0.39 is 0 Å². The standard InChI is InChI=1S/C46H88BrNO5/c1-5-9-13-17-19-25-33-42(31-23-15-11-7-3)40-52-45(50)35-27-21-29-37-48(44(49)39-47)38-30-22-28-36-46(51)53-41-43(32-24-16-12-8-4)34-26-20-18-14-10-6-2/h42-43H,5-41H2,1-4H3. The van der Waals surface area contributed by atoms with Crippen LogP contribution in [-0.4, -0.2) is 54.4 Å². The predicted molar refractivity (Wildman–Crippen MR) is 230 cm³/mol. The molecule has 0 bridgehead atoms. The molecule has 0 aromatic rings. The SMILES string of the molecule is CCCCCCCCC(CCCCCC)COC(=O)CCCCCN(CCCCCC(=O)OCC(CCCCCC)CCCCCCCC)C(=O)CBr. The lowest BCUT2D eigenvalue weighted by molar-refractivity contribution is -0.146. The maximum atomic E-state index is 12.6. The molecule has 53 heavy (non-hydrogen) atoms. The molecular formula is C46H88BrNO5. The topological polar surface area (TPSA) is 72.9 Å². The number of esters is 2. The number of amides is 1. The Morgan fingerprint density at radius 1 is 0.434 bits per heavy atom. The van der Waals surface area contributed by atoms with E-state index in [9.17, 15) is 14.4 Å². The molecule has 314 valence electrons. The number of hydrogen-bond donors (Lipinski definition) is 0. The van der Waals surface area contributed by atoms with Crippen LogP contribution in [0.2, 0.25) is 0 Å². The molecule has 0 aliphatic rings. The van der Waals surface area contributed by atoms with Crippen molar-refractivity contribution >= 4 is 33.8 Å². The first-order valence-corrected chi connectivity index (χ1v) is 24.2. The van der Waals surface area contributed by atoms with Crippen LogP contribution in [0.5, 0.6) is 0 Å². The fourth-order valence-corrected chi connectivity index (χ4v) is 7.63. The van der Waals surface area contributed by atoms with Crippen molar-refractivity contribution in [3.05, 3.63) is 0 Å². The van der Waals surface area contributed by atoms with E-state index in [0.29, 0.717) is 56.3 Å². The molecule has 1 amide bonds. The van der Waals surface area contributed by atoms with Crippen LogP contribution in [0.15, 0.2) is 0 Å². The lowest BCUT2D eigenvalue weighted by Crippen LogP contribution is -2.33. The van der Waals surface area contributed by atoms with E-state index in [-0.39, 0.29) is 17.8 Å². The van der Waals surface area contributed by atoms with E-state index in [1.165, 1.54) is 154 Å². The summed E-state index contributed by atoms with van der Waals surface area (Å²) in [6.07, 6.45) is 36.5. The van der Waals surface area contributed by atoms with Gasteiger partial charge < -0.3 is 14.4 Å². The van der Waals surface area contributed by atoms with Crippen molar-refractivity contribution in [1.82, 2.24) is 4.90 Å². The summed E-state index contributed by atoms with van der Waals surface area (Å²) in [5, 5.41) is 0.322. The van der Waals surface area contributed by atoms with Gasteiger partial charge in [-0.05, 0) is 63.2 Å². The molecule has 0 spiro atoms. The summed E-state index contributed by atoms with van der Waals surface area (Å²) in [6.45, 7) is 11.6. The van der Waals surface area contributed by atoms with Crippen LogP contribution >= 0.6 is 15.9 Å². The van der Waals surface area contributed by atoms with Gasteiger partial charge in [0.25, 0.3) is 0 Å². The van der Waals surface area contributed by atoms with Gasteiger partial charge in [0.2, 0.25) is 5.91 Å². The van der Waals surface area contributed by atoms with Crippen LogP contribution in [-0.2, 0) is 23.9 Å². The molecule has 0 heterocycles. The molecular weight excluding hydrogens is 726 g/mol. The summed E-state index contributed by atoms with van der Waals surface area (Å²) in [6, 6.07) is 0. The third-order valence-corrected chi connectivity index (χ3v) is 11.4.